The third-order valence-electron chi connectivity index (χ3n) is 2.00. The summed E-state index contributed by atoms with van der Waals surface area (Å²) in [5.41, 5.74) is 0. The molecule has 1 atom stereocenters. The van der Waals surface area contributed by atoms with Crippen LogP contribution in [-0.2, 0) is 14.3 Å². The molecular formula is C10H20O4. The summed E-state index contributed by atoms with van der Waals surface area (Å²) in [6.07, 6.45) is 0.759. The Balaban J connectivity index is 3.09. The fraction of sp³-hybridized carbons (Fsp3) is 0.900. The van der Waals surface area contributed by atoms with Gasteiger partial charge in [-0.3, -0.25) is 4.79 Å². The number of ether oxygens (including phenoxy) is 2. The molecular weight excluding hydrogens is 184 g/mol. The molecule has 0 saturated heterocycles. The zero-order valence-corrected chi connectivity index (χ0v) is 8.99. The van der Waals surface area contributed by atoms with Crippen LogP contribution < -0.4 is 0 Å². The molecule has 0 heterocycles. The fourth-order valence-corrected chi connectivity index (χ4v) is 0.850. The summed E-state index contributed by atoms with van der Waals surface area (Å²) in [7, 11) is 0. The van der Waals surface area contributed by atoms with Crippen LogP contribution in [0.4, 0.5) is 0 Å². The minimum Gasteiger partial charge on any atom is -0.394 e. The molecule has 0 aliphatic carbocycles. The molecule has 1 unspecified atom stereocenters. The van der Waals surface area contributed by atoms with Crippen LogP contribution in [0.5, 0.6) is 0 Å². The van der Waals surface area contributed by atoms with Gasteiger partial charge in [0.2, 0.25) is 0 Å². The summed E-state index contributed by atoms with van der Waals surface area (Å²) in [4.78, 5) is 10.8. The zero-order valence-electron chi connectivity index (χ0n) is 8.99. The van der Waals surface area contributed by atoms with Crippen molar-refractivity contribution in [2.75, 3.05) is 33.0 Å². The Morgan fingerprint density at radius 3 is 2.29 bits per heavy atom. The van der Waals surface area contributed by atoms with Gasteiger partial charge in [0, 0.05) is 12.5 Å². The van der Waals surface area contributed by atoms with Gasteiger partial charge in [0.1, 0.15) is 5.78 Å². The third kappa shape index (κ3) is 8.16. The first-order chi connectivity index (χ1) is 6.68. The van der Waals surface area contributed by atoms with Crippen molar-refractivity contribution in [2.45, 2.75) is 20.3 Å². The number of hydrogen-bond donors (Lipinski definition) is 1. The zero-order chi connectivity index (χ0) is 10.8. The largest absolute Gasteiger partial charge is 0.394 e. The normalized spacial score (nSPS) is 12.8. The summed E-state index contributed by atoms with van der Waals surface area (Å²) in [5.74, 6) is 0.276. The Morgan fingerprint density at radius 1 is 1.21 bits per heavy atom. The van der Waals surface area contributed by atoms with Crippen LogP contribution >= 0.6 is 0 Å². The van der Waals surface area contributed by atoms with Gasteiger partial charge in [-0.05, 0) is 13.3 Å². The van der Waals surface area contributed by atoms with Crippen molar-refractivity contribution in [3.05, 3.63) is 0 Å². The number of ketones is 1. The van der Waals surface area contributed by atoms with Gasteiger partial charge in [-0.1, -0.05) is 6.92 Å². The third-order valence-corrected chi connectivity index (χ3v) is 2.00. The van der Waals surface area contributed by atoms with Crippen LogP contribution in [0.3, 0.4) is 0 Å². The Kier molecular flexibility index (Phi) is 8.83. The van der Waals surface area contributed by atoms with E-state index in [1.807, 2.05) is 6.92 Å². The van der Waals surface area contributed by atoms with Crippen LogP contribution in [0.2, 0.25) is 0 Å². The first-order valence-corrected chi connectivity index (χ1v) is 4.95. The molecule has 0 bridgehead atoms. The van der Waals surface area contributed by atoms with E-state index in [0.29, 0.717) is 26.4 Å². The van der Waals surface area contributed by atoms with Crippen molar-refractivity contribution in [1.82, 2.24) is 0 Å². The second-order valence-electron chi connectivity index (χ2n) is 3.25. The predicted octanol–water partition coefficient (Wildman–Crippen LogP) is 0.627. The maximum Gasteiger partial charge on any atom is 0.132 e. The van der Waals surface area contributed by atoms with E-state index in [1.165, 1.54) is 0 Å². The van der Waals surface area contributed by atoms with Crippen molar-refractivity contribution in [3.63, 3.8) is 0 Å². The maximum atomic E-state index is 10.8. The summed E-state index contributed by atoms with van der Waals surface area (Å²) in [5, 5.41) is 8.40. The van der Waals surface area contributed by atoms with E-state index < -0.39 is 0 Å². The number of aliphatic hydroxyl groups is 1. The van der Waals surface area contributed by atoms with E-state index in [-0.39, 0.29) is 18.3 Å². The lowest BCUT2D eigenvalue weighted by atomic mass is 10.1. The summed E-state index contributed by atoms with van der Waals surface area (Å²) < 4.78 is 10.2. The molecule has 1 N–H and O–H groups in total. The molecule has 0 aromatic carbocycles. The average molecular weight is 204 g/mol. The van der Waals surface area contributed by atoms with Gasteiger partial charge in [0.25, 0.3) is 0 Å². The highest BCUT2D eigenvalue weighted by Gasteiger charge is 2.06. The lowest BCUT2D eigenvalue weighted by Gasteiger charge is -2.08. The molecule has 4 heteroatoms. The van der Waals surface area contributed by atoms with Crippen molar-refractivity contribution in [3.8, 4) is 0 Å². The lowest BCUT2D eigenvalue weighted by molar-refractivity contribution is -0.120. The van der Waals surface area contributed by atoms with Crippen molar-refractivity contribution in [2.24, 2.45) is 5.92 Å². The van der Waals surface area contributed by atoms with E-state index in [4.69, 9.17) is 14.6 Å². The average Bonchev–Trinajstić information content (AvgIpc) is 2.16. The molecule has 14 heavy (non-hydrogen) atoms. The number of Topliss-reactive ketones (excluding diaryl/α,β-unsaturated/α-hetero) is 1. The number of rotatable bonds is 9. The predicted molar refractivity (Wildman–Crippen MR) is 53.2 cm³/mol. The molecule has 0 saturated carbocycles. The first-order valence-electron chi connectivity index (χ1n) is 4.95. The van der Waals surface area contributed by atoms with Crippen molar-refractivity contribution < 1.29 is 19.4 Å². The summed E-state index contributed by atoms with van der Waals surface area (Å²) in [6, 6.07) is 0. The van der Waals surface area contributed by atoms with Crippen LogP contribution in [-0.4, -0.2) is 43.9 Å². The summed E-state index contributed by atoms with van der Waals surface area (Å²) >= 11 is 0. The molecule has 0 amide bonds. The Bertz CT molecular complexity index is 147. The topological polar surface area (TPSA) is 55.8 Å². The Morgan fingerprint density at radius 2 is 1.79 bits per heavy atom. The molecule has 0 radical (unpaired) electrons. The number of carbonyl (C=O) groups is 1. The van der Waals surface area contributed by atoms with Gasteiger partial charge in [-0.2, -0.15) is 0 Å². The molecule has 0 aliphatic rings. The molecule has 84 valence electrons. The van der Waals surface area contributed by atoms with Gasteiger partial charge in [0.05, 0.1) is 26.4 Å². The molecule has 0 aliphatic heterocycles. The second-order valence-corrected chi connectivity index (χ2v) is 3.25. The quantitative estimate of drug-likeness (QED) is 0.560. The van der Waals surface area contributed by atoms with E-state index in [1.54, 1.807) is 6.92 Å². The van der Waals surface area contributed by atoms with Gasteiger partial charge < -0.3 is 14.6 Å². The summed E-state index contributed by atoms with van der Waals surface area (Å²) in [6.45, 7) is 5.49. The highest BCUT2D eigenvalue weighted by Crippen LogP contribution is 2.02. The number of hydrogen-bond acceptors (Lipinski definition) is 4. The van der Waals surface area contributed by atoms with Gasteiger partial charge in [-0.15, -0.1) is 0 Å². The van der Waals surface area contributed by atoms with E-state index in [0.717, 1.165) is 6.42 Å². The molecule has 0 aromatic heterocycles. The number of carbonyl (C=O) groups excluding carboxylic acids is 1. The highest BCUT2D eigenvalue weighted by atomic mass is 16.5. The Hall–Kier alpha value is -0.450. The standard InChI is InChI=1S/C10H20O4/c1-9(10(2)12)3-5-13-7-8-14-6-4-11/h9,11H,3-8H2,1-2H3. The van der Waals surface area contributed by atoms with Crippen LogP contribution in [0.1, 0.15) is 20.3 Å². The van der Waals surface area contributed by atoms with Crippen LogP contribution in [0.25, 0.3) is 0 Å². The minimum absolute atomic E-state index is 0.0430. The molecule has 4 nitrogen and oxygen atoms in total. The monoisotopic (exact) mass is 204 g/mol. The molecule has 0 spiro atoms. The van der Waals surface area contributed by atoms with Crippen LogP contribution in [0, 0.1) is 5.92 Å². The first kappa shape index (κ1) is 13.5. The molecule has 0 fully saturated rings. The van der Waals surface area contributed by atoms with Crippen molar-refractivity contribution in [1.29, 1.82) is 0 Å². The molecule has 0 rings (SSSR count). The van der Waals surface area contributed by atoms with Crippen molar-refractivity contribution >= 4 is 5.78 Å². The Labute approximate surface area is 85.2 Å². The molecule has 0 aromatic rings. The van der Waals surface area contributed by atoms with E-state index in [9.17, 15) is 4.79 Å². The maximum absolute atomic E-state index is 10.8. The van der Waals surface area contributed by atoms with Gasteiger partial charge in [-0.25, -0.2) is 0 Å². The smallest absolute Gasteiger partial charge is 0.132 e. The van der Waals surface area contributed by atoms with E-state index >= 15 is 0 Å². The SMILES string of the molecule is CC(=O)C(C)CCOCCOCCO. The highest BCUT2D eigenvalue weighted by molar-refractivity contribution is 5.77. The lowest BCUT2D eigenvalue weighted by Crippen LogP contribution is -2.12. The van der Waals surface area contributed by atoms with Crippen LogP contribution in [0.15, 0.2) is 0 Å². The van der Waals surface area contributed by atoms with Gasteiger partial charge in [0.15, 0.2) is 0 Å². The van der Waals surface area contributed by atoms with Gasteiger partial charge >= 0.3 is 0 Å². The second kappa shape index (κ2) is 9.12. The fourth-order valence-electron chi connectivity index (χ4n) is 0.850. The number of aliphatic hydroxyl groups excluding tert-OH is 1. The minimum atomic E-state index is 0.0430. The van der Waals surface area contributed by atoms with E-state index in [2.05, 4.69) is 0 Å².